The molecule has 0 amide bonds. The van der Waals surface area contributed by atoms with Crippen molar-refractivity contribution in [3.8, 4) is 34.3 Å². The van der Waals surface area contributed by atoms with Crippen molar-refractivity contribution in [3.63, 3.8) is 0 Å². The van der Waals surface area contributed by atoms with Gasteiger partial charge in [0.1, 0.15) is 30.1 Å². The molecule has 5 heterocycles. The van der Waals surface area contributed by atoms with E-state index in [0.29, 0.717) is 56.6 Å². The molecule has 8 rings (SSSR count). The second-order valence-corrected chi connectivity index (χ2v) is 9.74. The Hall–Kier alpha value is -4.72. The number of hydrogen-bond acceptors (Lipinski definition) is 11. The number of nitrogens with one attached hydrogen (secondary N) is 1. The zero-order valence-corrected chi connectivity index (χ0v) is 21.0. The zero-order valence-electron chi connectivity index (χ0n) is 21.0. The van der Waals surface area contributed by atoms with E-state index in [1.54, 1.807) is 24.1 Å². The lowest BCUT2D eigenvalue weighted by molar-refractivity contribution is -0.0432. The molecule has 0 bridgehead atoms. The van der Waals surface area contributed by atoms with Gasteiger partial charge in [-0.25, -0.2) is 19.9 Å². The molecule has 4 N–H and O–H groups in total. The number of aliphatic hydroxyl groups excluding tert-OH is 2. The van der Waals surface area contributed by atoms with E-state index in [2.05, 4.69) is 19.9 Å². The number of methoxy groups -OCH3 is 1. The van der Waals surface area contributed by atoms with E-state index in [1.807, 2.05) is 18.2 Å². The molecule has 0 unspecified atom stereocenters. The van der Waals surface area contributed by atoms with Crippen LogP contribution in [0.1, 0.15) is 23.9 Å². The fourth-order valence-electron chi connectivity index (χ4n) is 5.85. The third-order valence-corrected chi connectivity index (χ3v) is 7.65. The number of aliphatic imine (C=N–C) groups is 1. The van der Waals surface area contributed by atoms with E-state index in [9.17, 15) is 15.3 Å². The number of hydrogen-bond donors (Lipinski definition) is 4. The summed E-state index contributed by atoms with van der Waals surface area (Å²) in [5.74, 6) is 1.96. The molecule has 5 aromatic rings. The summed E-state index contributed by atoms with van der Waals surface area (Å²) < 4.78 is 24.8. The molecule has 2 aromatic carbocycles. The highest BCUT2D eigenvalue weighted by atomic mass is 16.7. The summed E-state index contributed by atoms with van der Waals surface area (Å²) >= 11 is 0. The average molecular weight is 543 g/mol. The van der Waals surface area contributed by atoms with Crippen LogP contribution in [0.25, 0.3) is 33.1 Å². The van der Waals surface area contributed by atoms with E-state index in [0.717, 1.165) is 16.5 Å². The Kier molecular flexibility index (Phi) is 4.86. The quantitative estimate of drug-likeness (QED) is 0.260. The molecule has 0 radical (unpaired) electrons. The molecule has 1 aliphatic carbocycles. The molecule has 2 aliphatic heterocycles. The minimum atomic E-state index is -0.806. The van der Waals surface area contributed by atoms with Crippen molar-refractivity contribution >= 4 is 33.5 Å². The van der Waals surface area contributed by atoms with Gasteiger partial charge in [0.15, 0.2) is 34.4 Å². The number of ether oxygens (including phenoxy) is 4. The van der Waals surface area contributed by atoms with Crippen LogP contribution in [-0.2, 0) is 4.74 Å². The first-order valence-electron chi connectivity index (χ1n) is 12.6. The first-order chi connectivity index (χ1) is 19.6. The highest BCUT2D eigenvalue weighted by molar-refractivity contribution is 6.30. The average Bonchev–Trinajstić information content (AvgIpc) is 3.76. The van der Waals surface area contributed by atoms with Crippen molar-refractivity contribution in [2.24, 2.45) is 4.99 Å². The van der Waals surface area contributed by atoms with Crippen LogP contribution in [0.3, 0.4) is 0 Å². The van der Waals surface area contributed by atoms with Gasteiger partial charge in [0.2, 0.25) is 6.79 Å². The Morgan fingerprint density at radius 2 is 2.10 bits per heavy atom. The van der Waals surface area contributed by atoms with Crippen LogP contribution in [0.5, 0.6) is 23.1 Å². The van der Waals surface area contributed by atoms with Crippen LogP contribution in [0.2, 0.25) is 0 Å². The first kappa shape index (κ1) is 23.2. The molecular weight excluding hydrogens is 520 g/mol. The van der Waals surface area contributed by atoms with E-state index >= 15 is 0 Å². The Morgan fingerprint density at radius 1 is 1.20 bits per heavy atom. The van der Waals surface area contributed by atoms with Crippen molar-refractivity contribution < 1.29 is 34.3 Å². The fourth-order valence-corrected chi connectivity index (χ4v) is 5.85. The molecule has 40 heavy (non-hydrogen) atoms. The molecule has 3 atom stereocenters. The maximum atomic E-state index is 10.9. The van der Waals surface area contributed by atoms with Gasteiger partial charge in [0, 0.05) is 22.8 Å². The largest absolute Gasteiger partial charge is 0.496 e. The van der Waals surface area contributed by atoms with Crippen molar-refractivity contribution in [3.05, 3.63) is 48.2 Å². The van der Waals surface area contributed by atoms with E-state index in [-0.39, 0.29) is 25.7 Å². The minimum Gasteiger partial charge on any atom is -0.496 e. The van der Waals surface area contributed by atoms with Crippen LogP contribution >= 0.6 is 0 Å². The number of rotatable bonds is 4. The second kappa shape index (κ2) is 8.39. The highest BCUT2D eigenvalue weighted by Crippen LogP contribution is 2.54. The summed E-state index contributed by atoms with van der Waals surface area (Å²) in [6, 6.07) is 7.42. The maximum Gasteiger partial charge on any atom is 0.231 e. The number of fused-ring (bicyclic) bond motifs is 5. The number of H-pyrrole nitrogens is 1. The summed E-state index contributed by atoms with van der Waals surface area (Å²) in [4.78, 5) is 21.4. The van der Waals surface area contributed by atoms with Gasteiger partial charge in [-0.2, -0.15) is 0 Å². The predicted molar refractivity (Wildman–Crippen MR) is 140 cm³/mol. The van der Waals surface area contributed by atoms with Crippen LogP contribution in [0, 0.1) is 0 Å². The number of benzene rings is 2. The van der Waals surface area contributed by atoms with Gasteiger partial charge in [-0.3, -0.25) is 4.57 Å². The topological polar surface area (TPSA) is 169 Å². The number of imidazole rings is 1. The Balaban J connectivity index is 1.36. The lowest BCUT2D eigenvalue weighted by atomic mass is 9.84. The third kappa shape index (κ3) is 3.07. The van der Waals surface area contributed by atoms with E-state index in [4.69, 9.17) is 23.9 Å². The van der Waals surface area contributed by atoms with Gasteiger partial charge >= 0.3 is 0 Å². The summed E-state index contributed by atoms with van der Waals surface area (Å²) in [5, 5.41) is 32.0. The number of nitrogens with zero attached hydrogens (tertiary/aromatic N) is 5. The van der Waals surface area contributed by atoms with Crippen LogP contribution in [0.4, 0.5) is 5.82 Å². The van der Waals surface area contributed by atoms with Crippen LogP contribution in [0.15, 0.2) is 41.9 Å². The highest BCUT2D eigenvalue weighted by Gasteiger charge is 2.37. The smallest absolute Gasteiger partial charge is 0.231 e. The maximum absolute atomic E-state index is 10.9. The van der Waals surface area contributed by atoms with Crippen molar-refractivity contribution in [1.82, 2.24) is 24.5 Å². The molecule has 0 spiro atoms. The molecule has 13 nitrogen and oxygen atoms in total. The molecule has 13 heteroatoms. The molecular formula is C27H22N6O7. The summed E-state index contributed by atoms with van der Waals surface area (Å²) in [6.07, 6.45) is 1.17. The third-order valence-electron chi connectivity index (χ3n) is 7.65. The summed E-state index contributed by atoms with van der Waals surface area (Å²) in [5.41, 5.74) is 4.20. The van der Waals surface area contributed by atoms with Crippen molar-refractivity contribution in [2.75, 3.05) is 20.5 Å². The van der Waals surface area contributed by atoms with Gasteiger partial charge in [-0.1, -0.05) is 12.1 Å². The van der Waals surface area contributed by atoms with Gasteiger partial charge in [0.05, 0.1) is 37.4 Å². The van der Waals surface area contributed by atoms with Gasteiger partial charge in [-0.05, 0) is 17.7 Å². The lowest BCUT2D eigenvalue weighted by Crippen LogP contribution is -2.24. The Labute approximate surface area is 225 Å². The van der Waals surface area contributed by atoms with E-state index in [1.165, 1.54) is 6.33 Å². The van der Waals surface area contributed by atoms with E-state index < -0.39 is 18.4 Å². The van der Waals surface area contributed by atoms with Gasteiger partial charge < -0.3 is 39.3 Å². The number of aromatic amines is 1. The van der Waals surface area contributed by atoms with Gasteiger partial charge in [0.25, 0.3) is 0 Å². The van der Waals surface area contributed by atoms with Crippen LogP contribution in [-0.4, -0.2) is 78.3 Å². The molecule has 1 saturated heterocycles. The number of aromatic nitrogens is 5. The lowest BCUT2D eigenvalue weighted by Gasteiger charge is -2.22. The van der Waals surface area contributed by atoms with Crippen molar-refractivity contribution in [1.29, 1.82) is 0 Å². The molecule has 0 saturated carbocycles. The first-order valence-corrected chi connectivity index (χ1v) is 12.6. The second-order valence-electron chi connectivity index (χ2n) is 9.74. The molecule has 1 fully saturated rings. The Morgan fingerprint density at radius 3 is 2.92 bits per heavy atom. The minimum absolute atomic E-state index is 0.0310. The SMILES string of the molecule is COc1cccc2c1C(=Nc1ncnc3c1ncn3[C@H]1C[C@H](O)[C@@H](CO)O1)c1[nH]c(O)c3cc4c(c-2c13)OCO4. The standard InChI is InChI=1S/C27H22N6O7/c1-37-14-4-2-3-11-18(14)21(22-19-12(27(36)32-22)5-15-24(20(11)19)39-10-38-15)31-25-23-26(29-8-28-25)33(9-30-23)17-6-13(35)16(7-34)40-17/h2-5,8-9,13,16-17,32,34-36H,6-7,10H2,1H3/t13-,16+,17+/m0/s1. The normalized spacial score (nSPS) is 22.0. The zero-order chi connectivity index (χ0) is 27.1. The summed E-state index contributed by atoms with van der Waals surface area (Å²) in [6.45, 7) is -0.212. The Bertz CT molecular complexity index is 1880. The molecule has 3 aliphatic rings. The monoisotopic (exact) mass is 542 g/mol. The molecule has 3 aromatic heterocycles. The van der Waals surface area contributed by atoms with Crippen LogP contribution < -0.4 is 14.2 Å². The van der Waals surface area contributed by atoms with Gasteiger partial charge in [-0.15, -0.1) is 0 Å². The fraction of sp³-hybridized carbons (Fsp3) is 0.259. The number of aromatic hydroxyl groups is 1. The summed E-state index contributed by atoms with van der Waals surface area (Å²) in [7, 11) is 1.58. The van der Waals surface area contributed by atoms with Crippen molar-refractivity contribution in [2.45, 2.75) is 24.9 Å². The number of aliphatic hydroxyl groups is 2. The predicted octanol–water partition coefficient (Wildman–Crippen LogP) is 2.54. The molecule has 202 valence electrons.